The third-order valence-corrected chi connectivity index (χ3v) is 6.77. The number of ether oxygens (including phenoxy) is 2. The summed E-state index contributed by atoms with van der Waals surface area (Å²) in [5.41, 5.74) is 1.64. The lowest BCUT2D eigenvalue weighted by molar-refractivity contribution is -0.141. The van der Waals surface area contributed by atoms with E-state index in [9.17, 15) is 14.0 Å². The molecule has 2 aromatic carbocycles. The average Bonchev–Trinajstić information content (AvgIpc) is 3.37. The van der Waals surface area contributed by atoms with Crippen LogP contribution >= 0.6 is 0 Å². The minimum Gasteiger partial charge on any atom is -0.497 e. The summed E-state index contributed by atoms with van der Waals surface area (Å²) in [7, 11) is 1.60. The van der Waals surface area contributed by atoms with Crippen molar-refractivity contribution in [3.05, 3.63) is 89.1 Å². The van der Waals surface area contributed by atoms with Crippen molar-refractivity contribution in [2.45, 2.75) is 26.4 Å². The smallest absolute Gasteiger partial charge is 0.242 e. The average molecular weight is 538 g/mol. The van der Waals surface area contributed by atoms with E-state index in [1.165, 1.54) is 12.1 Å². The summed E-state index contributed by atoms with van der Waals surface area (Å²) >= 11 is 0. The number of hydrogen-bond donors (Lipinski definition) is 0. The predicted molar refractivity (Wildman–Crippen MR) is 145 cm³/mol. The van der Waals surface area contributed by atoms with Crippen LogP contribution in [-0.2, 0) is 33.8 Å². The van der Waals surface area contributed by atoms with E-state index in [-0.39, 0.29) is 43.7 Å². The van der Waals surface area contributed by atoms with Gasteiger partial charge in [-0.3, -0.25) is 14.5 Å². The number of methoxy groups -OCH3 is 1. The number of hydrogen-bond acceptors (Lipinski definition) is 6. The normalized spacial score (nSPS) is 13.7. The predicted octanol–water partition coefficient (Wildman–Crippen LogP) is 3.67. The van der Waals surface area contributed by atoms with E-state index in [2.05, 4.69) is 4.90 Å². The van der Waals surface area contributed by atoms with Crippen LogP contribution in [0.2, 0.25) is 0 Å². The molecule has 4 rings (SSSR count). The molecule has 208 valence electrons. The first-order valence-electron chi connectivity index (χ1n) is 13.2. The van der Waals surface area contributed by atoms with Gasteiger partial charge in [-0.2, -0.15) is 0 Å². The summed E-state index contributed by atoms with van der Waals surface area (Å²) in [6.45, 7) is 6.27. The number of benzene rings is 2. The van der Waals surface area contributed by atoms with Crippen LogP contribution < -0.4 is 4.74 Å². The highest BCUT2D eigenvalue weighted by Gasteiger charge is 2.24. The van der Waals surface area contributed by atoms with Crippen LogP contribution in [0, 0.1) is 12.7 Å². The molecule has 0 bridgehead atoms. The van der Waals surface area contributed by atoms with Gasteiger partial charge in [0.25, 0.3) is 0 Å². The third-order valence-electron chi connectivity index (χ3n) is 6.77. The first-order chi connectivity index (χ1) is 18.9. The number of halogens is 1. The highest BCUT2D eigenvalue weighted by atomic mass is 19.1. The quantitative estimate of drug-likeness (QED) is 0.351. The van der Waals surface area contributed by atoms with Gasteiger partial charge >= 0.3 is 0 Å². The maximum atomic E-state index is 13.7. The largest absolute Gasteiger partial charge is 0.497 e. The number of carbonyl (C=O) groups excluding carboxylic acids is 2. The number of amides is 2. The van der Waals surface area contributed by atoms with Gasteiger partial charge in [-0.1, -0.05) is 24.3 Å². The standard InChI is InChI=1S/C30H36FN3O5/c1-23-3-10-28(39-23)21-34(20-25-4-8-26(31)9-5-25)30(36)22-33(14-13-32-15-17-38-18-16-32)29(35)19-24-6-11-27(37-2)12-7-24/h3-12H,13-22H2,1-2H3. The van der Waals surface area contributed by atoms with Crippen molar-refractivity contribution in [1.82, 2.24) is 14.7 Å². The van der Waals surface area contributed by atoms with Gasteiger partial charge in [0.05, 0.1) is 39.8 Å². The number of rotatable bonds is 12. The van der Waals surface area contributed by atoms with Crippen LogP contribution in [-0.4, -0.2) is 79.6 Å². The van der Waals surface area contributed by atoms with E-state index < -0.39 is 0 Å². The Kier molecular flexibility index (Phi) is 10.1. The highest BCUT2D eigenvalue weighted by Crippen LogP contribution is 2.16. The second-order valence-electron chi connectivity index (χ2n) is 9.68. The van der Waals surface area contributed by atoms with E-state index in [0.717, 1.165) is 35.7 Å². The zero-order valence-corrected chi connectivity index (χ0v) is 22.6. The van der Waals surface area contributed by atoms with Gasteiger partial charge in [0.2, 0.25) is 11.8 Å². The van der Waals surface area contributed by atoms with Crippen molar-refractivity contribution < 1.29 is 27.9 Å². The van der Waals surface area contributed by atoms with Gasteiger partial charge < -0.3 is 23.7 Å². The second-order valence-corrected chi connectivity index (χ2v) is 9.68. The first kappa shape index (κ1) is 28.3. The van der Waals surface area contributed by atoms with Crippen LogP contribution in [0.25, 0.3) is 0 Å². The third kappa shape index (κ3) is 8.66. The molecule has 1 saturated heterocycles. The molecule has 9 heteroatoms. The summed E-state index contributed by atoms with van der Waals surface area (Å²) in [4.78, 5) is 32.7. The fourth-order valence-electron chi connectivity index (χ4n) is 4.47. The minimum absolute atomic E-state index is 0.0692. The van der Waals surface area contributed by atoms with Gasteiger partial charge in [-0.25, -0.2) is 4.39 Å². The number of furan rings is 1. The van der Waals surface area contributed by atoms with Gasteiger partial charge in [0.15, 0.2) is 0 Å². The zero-order valence-electron chi connectivity index (χ0n) is 22.6. The molecular weight excluding hydrogens is 501 g/mol. The van der Waals surface area contributed by atoms with Crippen LogP contribution in [0.3, 0.4) is 0 Å². The van der Waals surface area contributed by atoms with Crippen molar-refractivity contribution in [3.63, 3.8) is 0 Å². The topological polar surface area (TPSA) is 75.5 Å². The fraction of sp³-hybridized carbons (Fsp3) is 0.400. The molecule has 1 aliphatic heterocycles. The Labute approximate surface area is 228 Å². The second kappa shape index (κ2) is 13.9. The first-order valence-corrected chi connectivity index (χ1v) is 13.2. The van der Waals surface area contributed by atoms with Crippen LogP contribution in [0.1, 0.15) is 22.6 Å². The SMILES string of the molecule is COc1ccc(CC(=O)N(CCN2CCOCC2)CC(=O)N(Cc2ccc(F)cc2)Cc2ccc(C)o2)cc1. The van der Waals surface area contributed by atoms with E-state index in [1.54, 1.807) is 29.0 Å². The molecule has 1 aromatic heterocycles. The number of morpholine rings is 1. The highest BCUT2D eigenvalue weighted by molar-refractivity contribution is 5.86. The Morgan fingerprint density at radius 1 is 0.897 bits per heavy atom. The van der Waals surface area contributed by atoms with Crippen LogP contribution in [0.5, 0.6) is 5.75 Å². The monoisotopic (exact) mass is 537 g/mol. The van der Waals surface area contributed by atoms with Crippen LogP contribution in [0.4, 0.5) is 4.39 Å². The Balaban J connectivity index is 1.49. The Bertz CT molecular complexity index is 1210. The van der Waals surface area contributed by atoms with Crippen molar-refractivity contribution in [1.29, 1.82) is 0 Å². The lowest BCUT2D eigenvalue weighted by Gasteiger charge is -2.31. The van der Waals surface area contributed by atoms with E-state index in [0.29, 0.717) is 32.1 Å². The number of aryl methyl sites for hydroxylation is 1. The van der Waals surface area contributed by atoms with Crippen molar-refractivity contribution in [2.24, 2.45) is 0 Å². The molecule has 1 aliphatic rings. The molecule has 3 aromatic rings. The minimum atomic E-state index is -0.336. The van der Waals surface area contributed by atoms with Crippen molar-refractivity contribution in [2.75, 3.05) is 53.0 Å². The molecule has 0 unspecified atom stereocenters. The molecule has 1 fully saturated rings. The lowest BCUT2D eigenvalue weighted by Crippen LogP contribution is -2.47. The molecule has 2 amide bonds. The van der Waals surface area contributed by atoms with Gasteiger partial charge in [-0.15, -0.1) is 0 Å². The van der Waals surface area contributed by atoms with Gasteiger partial charge in [-0.05, 0) is 54.4 Å². The summed E-state index contributed by atoms with van der Waals surface area (Å²) in [5, 5.41) is 0. The van der Waals surface area contributed by atoms with Crippen LogP contribution in [0.15, 0.2) is 65.1 Å². The Morgan fingerprint density at radius 2 is 1.59 bits per heavy atom. The summed E-state index contributed by atoms with van der Waals surface area (Å²) in [5.74, 6) is 1.44. The molecular formula is C30H36FN3O5. The molecule has 0 spiro atoms. The molecule has 0 aliphatic carbocycles. The van der Waals surface area contributed by atoms with Gasteiger partial charge in [0.1, 0.15) is 23.1 Å². The molecule has 0 saturated carbocycles. The van der Waals surface area contributed by atoms with Crippen molar-refractivity contribution >= 4 is 11.8 Å². The summed E-state index contributed by atoms with van der Waals surface area (Å²) < 4.78 is 29.9. The molecule has 2 heterocycles. The maximum Gasteiger partial charge on any atom is 0.242 e. The van der Waals surface area contributed by atoms with E-state index in [1.807, 2.05) is 43.3 Å². The Hall–Kier alpha value is -3.69. The maximum absolute atomic E-state index is 13.7. The Morgan fingerprint density at radius 3 is 2.23 bits per heavy atom. The molecule has 39 heavy (non-hydrogen) atoms. The molecule has 0 N–H and O–H groups in total. The summed E-state index contributed by atoms with van der Waals surface area (Å²) in [6, 6.07) is 17.1. The fourth-order valence-corrected chi connectivity index (χ4v) is 4.47. The number of nitrogens with zero attached hydrogens (tertiary/aromatic N) is 3. The van der Waals surface area contributed by atoms with Gasteiger partial charge in [0, 0.05) is 32.7 Å². The van der Waals surface area contributed by atoms with E-state index >= 15 is 0 Å². The zero-order chi connectivity index (χ0) is 27.6. The van der Waals surface area contributed by atoms with Crippen molar-refractivity contribution in [3.8, 4) is 5.75 Å². The lowest BCUT2D eigenvalue weighted by atomic mass is 10.1. The molecule has 0 radical (unpaired) electrons. The van der Waals surface area contributed by atoms with E-state index in [4.69, 9.17) is 13.9 Å². The summed E-state index contributed by atoms with van der Waals surface area (Å²) in [6.07, 6.45) is 0.176. The molecule has 8 nitrogen and oxygen atoms in total. The molecule has 0 atom stereocenters. The number of carbonyl (C=O) groups is 2.